The van der Waals surface area contributed by atoms with Gasteiger partial charge in [0.25, 0.3) is 0 Å². The van der Waals surface area contributed by atoms with Gasteiger partial charge in [-0.05, 0) is 50.2 Å². The highest BCUT2D eigenvalue weighted by molar-refractivity contribution is 5.77. The number of nitrogens with one attached hydrogen (secondary N) is 1. The van der Waals surface area contributed by atoms with Crippen LogP contribution in [0.5, 0.6) is 0 Å². The monoisotopic (exact) mass is 318 g/mol. The minimum atomic E-state index is -0.294. The van der Waals surface area contributed by atoms with Crippen LogP contribution in [0.2, 0.25) is 0 Å². The van der Waals surface area contributed by atoms with E-state index in [0.717, 1.165) is 25.9 Å². The molecule has 2 heterocycles. The van der Waals surface area contributed by atoms with E-state index >= 15 is 0 Å². The molecular weight excluding hydrogens is 299 g/mol. The number of hydrogen-bond donors (Lipinski definition) is 1. The molecule has 1 N–H and O–H groups in total. The van der Waals surface area contributed by atoms with E-state index in [1.54, 1.807) is 19.2 Å². The molecule has 0 atom stereocenters. The van der Waals surface area contributed by atoms with Crippen LogP contribution in [0.4, 0.5) is 4.39 Å². The summed E-state index contributed by atoms with van der Waals surface area (Å²) >= 11 is 0. The van der Waals surface area contributed by atoms with E-state index in [0.29, 0.717) is 23.9 Å². The van der Waals surface area contributed by atoms with Crippen molar-refractivity contribution in [1.29, 1.82) is 0 Å². The first-order chi connectivity index (χ1) is 11.2. The Labute approximate surface area is 133 Å². The highest BCUT2D eigenvalue weighted by Crippen LogP contribution is 2.29. The minimum Gasteiger partial charge on any atom is -0.420 e. The van der Waals surface area contributed by atoms with Gasteiger partial charge in [-0.3, -0.25) is 9.69 Å². The van der Waals surface area contributed by atoms with Crippen molar-refractivity contribution in [1.82, 2.24) is 20.4 Å². The number of carbonyl (C=O) groups excluding carboxylic acids is 1. The van der Waals surface area contributed by atoms with Crippen LogP contribution >= 0.6 is 0 Å². The van der Waals surface area contributed by atoms with Gasteiger partial charge in [0.2, 0.25) is 17.7 Å². The maximum atomic E-state index is 13.0. The van der Waals surface area contributed by atoms with Crippen LogP contribution in [-0.2, 0) is 4.79 Å². The second-order valence-corrected chi connectivity index (χ2v) is 5.68. The minimum absolute atomic E-state index is 0.0276. The normalized spacial score (nSPS) is 16.4. The molecule has 6 nitrogen and oxygen atoms in total. The van der Waals surface area contributed by atoms with Crippen molar-refractivity contribution in [3.8, 4) is 11.5 Å². The zero-order valence-electron chi connectivity index (χ0n) is 13.0. The van der Waals surface area contributed by atoms with Gasteiger partial charge in [0.1, 0.15) is 5.82 Å². The molecule has 0 saturated carbocycles. The van der Waals surface area contributed by atoms with E-state index in [2.05, 4.69) is 20.4 Å². The standard InChI is InChI=1S/C16H19FN4O2/c1-18-14(22)10-21-8-6-12(7-9-21)16-20-19-15(23-16)11-2-4-13(17)5-3-11/h2-5,12H,6-10H2,1H3,(H,18,22). The van der Waals surface area contributed by atoms with Gasteiger partial charge in [-0.1, -0.05) is 0 Å². The molecule has 1 aromatic carbocycles. The average Bonchev–Trinajstić information content (AvgIpc) is 3.06. The summed E-state index contributed by atoms with van der Waals surface area (Å²) in [4.78, 5) is 13.5. The number of piperidine rings is 1. The number of benzene rings is 1. The molecule has 122 valence electrons. The lowest BCUT2D eigenvalue weighted by Gasteiger charge is -2.29. The van der Waals surface area contributed by atoms with E-state index < -0.39 is 0 Å². The largest absolute Gasteiger partial charge is 0.420 e. The van der Waals surface area contributed by atoms with Gasteiger partial charge < -0.3 is 9.73 Å². The molecule has 1 fully saturated rings. The molecular formula is C16H19FN4O2. The van der Waals surface area contributed by atoms with Crippen molar-refractivity contribution in [2.24, 2.45) is 0 Å². The highest BCUT2D eigenvalue weighted by Gasteiger charge is 2.26. The third kappa shape index (κ3) is 3.73. The van der Waals surface area contributed by atoms with Gasteiger partial charge in [0.05, 0.1) is 6.54 Å². The second kappa shape index (κ2) is 6.87. The van der Waals surface area contributed by atoms with Gasteiger partial charge in [-0.2, -0.15) is 0 Å². The van der Waals surface area contributed by atoms with Gasteiger partial charge in [0, 0.05) is 18.5 Å². The second-order valence-electron chi connectivity index (χ2n) is 5.68. The van der Waals surface area contributed by atoms with Crippen LogP contribution in [0.25, 0.3) is 11.5 Å². The quantitative estimate of drug-likeness (QED) is 0.931. The Kier molecular flexibility index (Phi) is 4.66. The summed E-state index contributed by atoms with van der Waals surface area (Å²) in [7, 11) is 1.64. The number of likely N-dealkylation sites (tertiary alicyclic amines) is 1. The van der Waals surface area contributed by atoms with Crippen molar-refractivity contribution in [2.45, 2.75) is 18.8 Å². The van der Waals surface area contributed by atoms with Crippen molar-refractivity contribution in [3.05, 3.63) is 36.0 Å². The predicted molar refractivity (Wildman–Crippen MR) is 82.2 cm³/mol. The third-order valence-electron chi connectivity index (χ3n) is 4.11. The summed E-state index contributed by atoms with van der Waals surface area (Å²) in [6.07, 6.45) is 1.75. The molecule has 1 aromatic heterocycles. The molecule has 3 rings (SSSR count). The van der Waals surface area contributed by atoms with Crippen LogP contribution in [0, 0.1) is 5.82 Å². The van der Waals surface area contributed by atoms with Crippen molar-refractivity contribution >= 4 is 5.91 Å². The lowest BCUT2D eigenvalue weighted by Crippen LogP contribution is -2.40. The maximum Gasteiger partial charge on any atom is 0.247 e. The van der Waals surface area contributed by atoms with Gasteiger partial charge in [-0.15, -0.1) is 10.2 Å². The van der Waals surface area contributed by atoms with Crippen LogP contribution < -0.4 is 5.32 Å². The van der Waals surface area contributed by atoms with E-state index in [-0.39, 0.29) is 17.6 Å². The zero-order valence-corrected chi connectivity index (χ0v) is 13.0. The van der Waals surface area contributed by atoms with Crippen molar-refractivity contribution in [3.63, 3.8) is 0 Å². The number of nitrogens with zero attached hydrogens (tertiary/aromatic N) is 3. The smallest absolute Gasteiger partial charge is 0.247 e. The first-order valence-corrected chi connectivity index (χ1v) is 7.68. The van der Waals surface area contributed by atoms with E-state index in [1.165, 1.54) is 12.1 Å². The molecule has 1 saturated heterocycles. The fourth-order valence-corrected chi connectivity index (χ4v) is 2.73. The van der Waals surface area contributed by atoms with E-state index in [4.69, 9.17) is 4.42 Å². The lowest BCUT2D eigenvalue weighted by atomic mass is 9.97. The molecule has 1 aliphatic heterocycles. The van der Waals surface area contributed by atoms with Gasteiger partial charge in [-0.25, -0.2) is 4.39 Å². The van der Waals surface area contributed by atoms with Crippen molar-refractivity contribution < 1.29 is 13.6 Å². The molecule has 23 heavy (non-hydrogen) atoms. The highest BCUT2D eigenvalue weighted by atomic mass is 19.1. The van der Waals surface area contributed by atoms with Crippen molar-refractivity contribution in [2.75, 3.05) is 26.7 Å². The summed E-state index contributed by atoms with van der Waals surface area (Å²) in [6, 6.07) is 5.99. The number of carbonyl (C=O) groups is 1. The van der Waals surface area contributed by atoms with Gasteiger partial charge in [0.15, 0.2) is 0 Å². The Morgan fingerprint density at radius 2 is 2.00 bits per heavy atom. The summed E-state index contributed by atoms with van der Waals surface area (Å²) < 4.78 is 18.7. The number of hydrogen-bond acceptors (Lipinski definition) is 5. The summed E-state index contributed by atoms with van der Waals surface area (Å²) in [6.45, 7) is 2.08. The van der Waals surface area contributed by atoms with E-state index in [9.17, 15) is 9.18 Å². The van der Waals surface area contributed by atoms with Gasteiger partial charge >= 0.3 is 0 Å². The SMILES string of the molecule is CNC(=O)CN1CCC(c2nnc(-c3ccc(F)cc3)o2)CC1. The molecule has 0 spiro atoms. The Hall–Kier alpha value is -2.28. The molecule has 1 amide bonds. The molecule has 0 aliphatic carbocycles. The Morgan fingerprint density at radius 1 is 1.30 bits per heavy atom. The summed E-state index contributed by atoms with van der Waals surface area (Å²) in [5.41, 5.74) is 0.710. The van der Waals surface area contributed by atoms with Crippen LogP contribution in [-0.4, -0.2) is 47.7 Å². The number of likely N-dealkylation sites (N-methyl/N-ethyl adjacent to an activating group) is 1. The Balaban J connectivity index is 1.61. The predicted octanol–water partition coefficient (Wildman–Crippen LogP) is 1.80. The first kappa shape index (κ1) is 15.6. The Bertz CT molecular complexity index is 663. The van der Waals surface area contributed by atoms with E-state index in [1.807, 2.05) is 0 Å². The summed E-state index contributed by atoms with van der Waals surface area (Å²) in [5, 5.41) is 10.8. The zero-order chi connectivity index (χ0) is 16.2. The third-order valence-corrected chi connectivity index (χ3v) is 4.11. The molecule has 7 heteroatoms. The fraction of sp³-hybridized carbons (Fsp3) is 0.438. The number of halogens is 1. The average molecular weight is 318 g/mol. The van der Waals surface area contributed by atoms with Crippen LogP contribution in [0.1, 0.15) is 24.7 Å². The Morgan fingerprint density at radius 3 is 2.65 bits per heavy atom. The number of amides is 1. The number of rotatable bonds is 4. The molecule has 0 bridgehead atoms. The molecule has 0 radical (unpaired) electrons. The van der Waals surface area contributed by atoms with Crippen LogP contribution in [0.15, 0.2) is 28.7 Å². The topological polar surface area (TPSA) is 71.3 Å². The molecule has 2 aromatic rings. The first-order valence-electron chi connectivity index (χ1n) is 7.68. The fourth-order valence-electron chi connectivity index (χ4n) is 2.73. The molecule has 0 unspecified atom stereocenters. The molecule has 1 aliphatic rings. The summed E-state index contributed by atoms with van der Waals surface area (Å²) in [5.74, 6) is 0.964. The van der Waals surface area contributed by atoms with Crippen LogP contribution in [0.3, 0.4) is 0 Å². The number of aromatic nitrogens is 2. The maximum absolute atomic E-state index is 13.0. The lowest BCUT2D eigenvalue weighted by molar-refractivity contribution is -0.122.